The van der Waals surface area contributed by atoms with E-state index < -0.39 is 11.7 Å². The normalized spacial score (nSPS) is 19.9. The van der Waals surface area contributed by atoms with Crippen molar-refractivity contribution in [3.63, 3.8) is 0 Å². The van der Waals surface area contributed by atoms with Crippen LogP contribution in [0.1, 0.15) is 59.9 Å². The Morgan fingerprint density at radius 1 is 1.35 bits per heavy atom. The van der Waals surface area contributed by atoms with Crippen LogP contribution in [0.15, 0.2) is 18.5 Å². The highest BCUT2D eigenvalue weighted by atomic mass is 19.1. The van der Waals surface area contributed by atoms with Crippen LogP contribution in [0, 0.1) is 17.7 Å². The average molecular weight is 466 g/mol. The summed E-state index contributed by atoms with van der Waals surface area (Å²) in [7, 11) is 1.67. The van der Waals surface area contributed by atoms with E-state index in [0.29, 0.717) is 37.1 Å². The maximum atomic E-state index is 14.9. The van der Waals surface area contributed by atoms with E-state index in [1.165, 1.54) is 6.07 Å². The lowest BCUT2D eigenvalue weighted by Gasteiger charge is -2.15. The quantitative estimate of drug-likeness (QED) is 0.461. The first-order chi connectivity index (χ1) is 16.5. The molecule has 2 aliphatic rings. The van der Waals surface area contributed by atoms with Gasteiger partial charge in [-0.15, -0.1) is 0 Å². The number of fused-ring (bicyclic) bond motifs is 1. The molecule has 10 heteroatoms. The molecule has 1 saturated heterocycles. The molecular formula is C24H28FN7O2. The molecule has 3 aromatic rings. The minimum atomic E-state index is -0.634. The van der Waals surface area contributed by atoms with Crippen LogP contribution in [0.5, 0.6) is 0 Å². The highest BCUT2D eigenvalue weighted by Gasteiger charge is 2.31. The van der Waals surface area contributed by atoms with E-state index in [4.69, 9.17) is 10.5 Å². The third kappa shape index (κ3) is 4.13. The molecule has 2 atom stereocenters. The number of rotatable bonds is 7. The van der Waals surface area contributed by atoms with E-state index in [9.17, 15) is 9.18 Å². The summed E-state index contributed by atoms with van der Waals surface area (Å²) in [5.41, 5.74) is 7.81. The smallest absolute Gasteiger partial charge is 0.255 e. The second kappa shape index (κ2) is 9.08. The zero-order chi connectivity index (χ0) is 23.8. The van der Waals surface area contributed by atoms with Gasteiger partial charge in [-0.05, 0) is 38.2 Å². The number of halogens is 1. The van der Waals surface area contributed by atoms with E-state index in [2.05, 4.69) is 32.6 Å². The van der Waals surface area contributed by atoms with Gasteiger partial charge in [-0.2, -0.15) is 5.10 Å². The molecule has 1 saturated carbocycles. The molecule has 2 aromatic heterocycles. The van der Waals surface area contributed by atoms with Gasteiger partial charge in [-0.3, -0.25) is 4.79 Å². The van der Waals surface area contributed by atoms with Gasteiger partial charge in [0, 0.05) is 38.3 Å². The van der Waals surface area contributed by atoms with Crippen LogP contribution < -0.4 is 16.4 Å². The predicted molar refractivity (Wildman–Crippen MR) is 126 cm³/mol. The van der Waals surface area contributed by atoms with Gasteiger partial charge in [0.2, 0.25) is 0 Å². The number of imidazole rings is 1. The number of methoxy groups -OCH3 is 1. The number of nitrogens with zero attached hydrogens (tertiary/aromatic N) is 4. The van der Waals surface area contributed by atoms with Crippen LogP contribution in [0.2, 0.25) is 0 Å². The molecule has 4 N–H and O–H groups in total. The van der Waals surface area contributed by atoms with Crippen LogP contribution in [0.3, 0.4) is 0 Å². The lowest BCUT2D eigenvalue weighted by atomic mass is 10.1. The fraction of sp³-hybridized carbons (Fsp3) is 0.458. The summed E-state index contributed by atoms with van der Waals surface area (Å²) in [6, 6.07) is 3.71. The van der Waals surface area contributed by atoms with E-state index in [1.54, 1.807) is 24.2 Å². The molecule has 1 aliphatic carbocycles. The predicted octanol–water partition coefficient (Wildman–Crippen LogP) is 2.19. The number of hydrogen-bond acceptors (Lipinski definition) is 6. The van der Waals surface area contributed by atoms with E-state index in [1.807, 2.05) is 11.5 Å². The second-order valence-corrected chi connectivity index (χ2v) is 8.82. The van der Waals surface area contributed by atoms with E-state index in [-0.39, 0.29) is 28.9 Å². The molecule has 5 rings (SSSR count). The minimum absolute atomic E-state index is 0.00215. The number of primary amides is 1. The molecule has 1 aromatic carbocycles. The summed E-state index contributed by atoms with van der Waals surface area (Å²) >= 11 is 0. The second-order valence-electron chi connectivity index (χ2n) is 8.82. The summed E-state index contributed by atoms with van der Waals surface area (Å²) in [5, 5.41) is 11.2. The zero-order valence-corrected chi connectivity index (χ0v) is 19.3. The molecule has 1 aliphatic heterocycles. The first-order valence-electron chi connectivity index (χ1n) is 11.6. The third-order valence-corrected chi connectivity index (χ3v) is 6.33. The number of carbonyl (C=O) groups excluding carboxylic acids is 1. The van der Waals surface area contributed by atoms with Crippen molar-refractivity contribution in [3.8, 4) is 11.8 Å². The highest BCUT2D eigenvalue weighted by molar-refractivity contribution is 6.00. The van der Waals surface area contributed by atoms with Gasteiger partial charge in [0.05, 0.1) is 35.6 Å². The molecule has 178 valence electrons. The van der Waals surface area contributed by atoms with Gasteiger partial charge in [-0.1, -0.05) is 5.92 Å². The van der Waals surface area contributed by atoms with E-state index >= 15 is 0 Å². The summed E-state index contributed by atoms with van der Waals surface area (Å²) < 4.78 is 23.9. The fourth-order valence-electron chi connectivity index (χ4n) is 4.58. The number of ether oxygens (including phenoxy) is 1. The van der Waals surface area contributed by atoms with Gasteiger partial charge in [-0.25, -0.2) is 14.1 Å². The first kappa shape index (κ1) is 22.4. The maximum Gasteiger partial charge on any atom is 0.255 e. The molecule has 1 amide bonds. The average Bonchev–Trinajstić information content (AvgIpc) is 3.23. The number of nitrogens with one attached hydrogen (secondary N) is 2. The first-order valence-corrected chi connectivity index (χ1v) is 11.6. The number of nitrogens with two attached hydrogens (primary N) is 1. The Hall–Kier alpha value is -3.42. The van der Waals surface area contributed by atoms with Crippen LogP contribution >= 0.6 is 0 Å². The SMILES string of the molecule is CCNc1c(C(N)=O)c(C#Cc2cc3ncn(C4CC4)c3cc2F)nn1[C@@H]1CN[C@@H](COC)C1. The Labute approximate surface area is 196 Å². The van der Waals surface area contributed by atoms with Gasteiger partial charge < -0.3 is 25.7 Å². The van der Waals surface area contributed by atoms with Crippen LogP contribution in [0.4, 0.5) is 10.2 Å². The number of amides is 1. The van der Waals surface area contributed by atoms with E-state index in [0.717, 1.165) is 24.8 Å². The molecule has 0 unspecified atom stereocenters. The van der Waals surface area contributed by atoms with Gasteiger partial charge in [0.1, 0.15) is 17.2 Å². The van der Waals surface area contributed by atoms with Crippen LogP contribution in [0.25, 0.3) is 11.0 Å². The summed E-state index contributed by atoms with van der Waals surface area (Å²) in [6.07, 6.45) is 4.71. The monoisotopic (exact) mass is 465 g/mol. The zero-order valence-electron chi connectivity index (χ0n) is 19.3. The van der Waals surface area contributed by atoms with Crippen molar-refractivity contribution in [3.05, 3.63) is 41.1 Å². The molecular weight excluding hydrogens is 437 g/mol. The van der Waals surface area contributed by atoms with Crippen molar-refractivity contribution in [1.29, 1.82) is 0 Å². The Balaban J connectivity index is 1.52. The largest absolute Gasteiger partial charge is 0.383 e. The third-order valence-electron chi connectivity index (χ3n) is 6.33. The fourth-order valence-corrected chi connectivity index (χ4v) is 4.58. The van der Waals surface area contributed by atoms with Crippen LogP contribution in [-0.4, -0.2) is 58.1 Å². The van der Waals surface area contributed by atoms with Gasteiger partial charge in [0.25, 0.3) is 5.91 Å². The Morgan fingerprint density at radius 2 is 2.18 bits per heavy atom. The molecule has 2 fully saturated rings. The summed E-state index contributed by atoms with van der Waals surface area (Å²) in [4.78, 5) is 16.8. The maximum absolute atomic E-state index is 14.9. The molecule has 0 radical (unpaired) electrons. The van der Waals surface area contributed by atoms with Crippen molar-refractivity contribution in [1.82, 2.24) is 24.6 Å². The molecule has 0 bridgehead atoms. The lowest BCUT2D eigenvalue weighted by molar-refractivity contribution is 0.100. The molecule has 0 spiro atoms. The van der Waals surface area contributed by atoms with Crippen molar-refractivity contribution < 1.29 is 13.9 Å². The van der Waals surface area contributed by atoms with Crippen molar-refractivity contribution >= 4 is 22.8 Å². The number of anilines is 1. The lowest BCUT2D eigenvalue weighted by Crippen LogP contribution is -2.25. The Morgan fingerprint density at radius 3 is 2.88 bits per heavy atom. The van der Waals surface area contributed by atoms with Crippen LogP contribution in [-0.2, 0) is 4.74 Å². The topological polar surface area (TPSA) is 112 Å². The number of aromatic nitrogens is 4. The highest BCUT2D eigenvalue weighted by Crippen LogP contribution is 2.37. The molecule has 9 nitrogen and oxygen atoms in total. The van der Waals surface area contributed by atoms with Gasteiger partial charge >= 0.3 is 0 Å². The molecule has 3 heterocycles. The molecule has 34 heavy (non-hydrogen) atoms. The summed E-state index contributed by atoms with van der Waals surface area (Å²) in [5.74, 6) is 5.21. The minimum Gasteiger partial charge on any atom is -0.383 e. The summed E-state index contributed by atoms with van der Waals surface area (Å²) in [6.45, 7) is 3.77. The standard InChI is InChI=1S/C24H28FN7O2/c1-3-27-24-22(23(26)33)19(30-32(24)17-9-15(12-34-2)28-11-17)7-4-14-8-20-21(10-18(14)25)31(13-29-20)16-5-6-16/h8,10,13,15-17,27-28H,3,5-6,9,11-12H2,1-2H3,(H2,26,33)/t15-,17+/m1/s1. The Kier molecular flexibility index (Phi) is 5.98. The number of hydrogen-bond donors (Lipinski definition) is 3. The van der Waals surface area contributed by atoms with Gasteiger partial charge in [0.15, 0.2) is 5.69 Å². The number of carbonyl (C=O) groups is 1. The Bertz CT molecular complexity index is 1300. The van der Waals surface area contributed by atoms with Crippen molar-refractivity contribution in [2.45, 2.75) is 44.3 Å². The van der Waals surface area contributed by atoms with Crippen molar-refractivity contribution in [2.75, 3.05) is 32.1 Å². The van der Waals surface area contributed by atoms with Crippen molar-refractivity contribution in [2.24, 2.45) is 5.73 Å². The number of benzene rings is 1.